The van der Waals surface area contributed by atoms with Gasteiger partial charge in [0.1, 0.15) is 0 Å². The zero-order valence-corrected chi connectivity index (χ0v) is 10.4. The highest BCUT2D eigenvalue weighted by Crippen LogP contribution is 2.15. The number of aryl methyl sites for hydroxylation is 1. The zero-order chi connectivity index (χ0) is 12.5. The highest BCUT2D eigenvalue weighted by Gasteiger charge is 2.05. The van der Waals surface area contributed by atoms with Crippen molar-refractivity contribution in [2.24, 2.45) is 0 Å². The summed E-state index contributed by atoms with van der Waals surface area (Å²) in [6.07, 6.45) is 8.34. The van der Waals surface area contributed by atoms with Crippen LogP contribution in [0.3, 0.4) is 0 Å². The van der Waals surface area contributed by atoms with Gasteiger partial charge in [-0.2, -0.15) is 0 Å². The van der Waals surface area contributed by atoms with Crippen molar-refractivity contribution in [3.8, 4) is 0 Å². The fourth-order valence-corrected chi connectivity index (χ4v) is 1.85. The molecule has 1 aromatic carbocycles. The molecule has 1 rings (SSSR count). The van der Waals surface area contributed by atoms with E-state index >= 15 is 0 Å². The Kier molecular flexibility index (Phi) is 6.30. The van der Waals surface area contributed by atoms with E-state index in [0.29, 0.717) is 0 Å². The first-order valence-electron chi connectivity index (χ1n) is 6.39. The van der Waals surface area contributed by atoms with Crippen molar-refractivity contribution < 1.29 is 4.92 Å². The first kappa shape index (κ1) is 13.7. The maximum atomic E-state index is 10.6. The summed E-state index contributed by atoms with van der Waals surface area (Å²) in [6.45, 7) is 2.21. The van der Waals surface area contributed by atoms with Crippen LogP contribution in [0.4, 0.5) is 5.69 Å². The van der Waals surface area contributed by atoms with Crippen LogP contribution >= 0.6 is 0 Å². The summed E-state index contributed by atoms with van der Waals surface area (Å²) >= 11 is 0. The Labute approximate surface area is 103 Å². The van der Waals surface area contributed by atoms with Gasteiger partial charge in [0.05, 0.1) is 11.0 Å². The monoisotopic (exact) mass is 234 g/mol. The molecule has 0 amide bonds. The third-order valence-electron chi connectivity index (χ3n) is 2.84. The van der Waals surface area contributed by atoms with Crippen LogP contribution in [0.2, 0.25) is 0 Å². The second-order valence-corrected chi connectivity index (χ2v) is 4.34. The molecule has 0 unspecified atom stereocenters. The standard InChI is InChI=1S/C14H20NO2/c1-2-3-4-5-6-7-9-13-10-8-11-14(12-13)15(16)17/h8,10-11H,2-7,9H2,1H3. The summed E-state index contributed by atoms with van der Waals surface area (Å²) in [6, 6.07) is 7.99. The van der Waals surface area contributed by atoms with Crippen molar-refractivity contribution in [1.82, 2.24) is 0 Å². The minimum Gasteiger partial charge on any atom is -0.258 e. The molecule has 1 radical (unpaired) electrons. The molecule has 0 aromatic heterocycles. The second-order valence-electron chi connectivity index (χ2n) is 4.34. The number of nitro benzene ring substituents is 1. The van der Waals surface area contributed by atoms with Crippen molar-refractivity contribution in [2.75, 3.05) is 0 Å². The van der Waals surface area contributed by atoms with Crippen LogP contribution in [0.25, 0.3) is 0 Å². The molecule has 93 valence electrons. The van der Waals surface area contributed by atoms with E-state index in [0.717, 1.165) is 18.4 Å². The molecular weight excluding hydrogens is 214 g/mol. The summed E-state index contributed by atoms with van der Waals surface area (Å²) in [5.41, 5.74) is 1.03. The Morgan fingerprint density at radius 2 is 1.88 bits per heavy atom. The first-order valence-corrected chi connectivity index (χ1v) is 6.39. The first-order chi connectivity index (χ1) is 8.24. The lowest BCUT2D eigenvalue weighted by Gasteiger charge is -2.01. The average Bonchev–Trinajstić information content (AvgIpc) is 2.34. The SMILES string of the molecule is CCCCCCCCc1[c]c([N+](=O)[O-])ccc1. The Morgan fingerprint density at radius 3 is 2.59 bits per heavy atom. The van der Waals surface area contributed by atoms with Crippen LogP contribution in [-0.4, -0.2) is 4.92 Å². The minimum absolute atomic E-state index is 0.0773. The van der Waals surface area contributed by atoms with Gasteiger partial charge in [-0.1, -0.05) is 51.2 Å². The van der Waals surface area contributed by atoms with Gasteiger partial charge in [0.25, 0.3) is 5.69 Å². The predicted molar refractivity (Wildman–Crippen MR) is 69.0 cm³/mol. The highest BCUT2D eigenvalue weighted by molar-refractivity contribution is 5.32. The Balaban J connectivity index is 2.27. The largest absolute Gasteiger partial charge is 0.277 e. The van der Waals surface area contributed by atoms with E-state index in [9.17, 15) is 10.1 Å². The lowest BCUT2D eigenvalue weighted by atomic mass is 10.0. The fraction of sp³-hybridized carbons (Fsp3) is 0.571. The molecule has 0 saturated carbocycles. The lowest BCUT2D eigenvalue weighted by Crippen LogP contribution is -1.91. The lowest BCUT2D eigenvalue weighted by molar-refractivity contribution is -0.385. The molecule has 0 bridgehead atoms. The number of hydrogen-bond acceptors (Lipinski definition) is 2. The third-order valence-corrected chi connectivity index (χ3v) is 2.84. The topological polar surface area (TPSA) is 43.1 Å². The van der Waals surface area contributed by atoms with Gasteiger partial charge in [-0.3, -0.25) is 10.1 Å². The van der Waals surface area contributed by atoms with Crippen molar-refractivity contribution in [2.45, 2.75) is 51.9 Å². The van der Waals surface area contributed by atoms with Gasteiger partial charge in [0.2, 0.25) is 0 Å². The molecule has 1 aromatic rings. The van der Waals surface area contributed by atoms with Gasteiger partial charge in [-0.15, -0.1) is 0 Å². The van der Waals surface area contributed by atoms with Crippen molar-refractivity contribution in [3.05, 3.63) is 39.9 Å². The molecule has 0 saturated heterocycles. The molecule has 0 heterocycles. The minimum atomic E-state index is -0.384. The normalized spacial score (nSPS) is 10.4. The Bertz CT molecular complexity index is 350. The Hall–Kier alpha value is -1.38. The second kappa shape index (κ2) is 7.82. The number of unbranched alkanes of at least 4 members (excludes halogenated alkanes) is 5. The van der Waals surface area contributed by atoms with Crippen LogP contribution in [0.5, 0.6) is 0 Å². The van der Waals surface area contributed by atoms with E-state index in [-0.39, 0.29) is 10.6 Å². The maximum absolute atomic E-state index is 10.6. The summed E-state index contributed by atoms with van der Waals surface area (Å²) in [7, 11) is 0. The van der Waals surface area contributed by atoms with E-state index in [1.807, 2.05) is 6.07 Å². The fourth-order valence-electron chi connectivity index (χ4n) is 1.85. The number of nitrogens with zero attached hydrogens (tertiary/aromatic N) is 1. The average molecular weight is 234 g/mol. The van der Waals surface area contributed by atoms with Gasteiger partial charge in [-0.05, 0) is 18.4 Å². The quantitative estimate of drug-likeness (QED) is 0.382. The molecule has 17 heavy (non-hydrogen) atoms. The van der Waals surface area contributed by atoms with Crippen molar-refractivity contribution in [3.63, 3.8) is 0 Å². The molecule has 3 nitrogen and oxygen atoms in total. The summed E-state index contributed by atoms with van der Waals surface area (Å²) < 4.78 is 0. The molecule has 0 aliphatic carbocycles. The van der Waals surface area contributed by atoms with E-state index < -0.39 is 0 Å². The number of benzene rings is 1. The van der Waals surface area contributed by atoms with Gasteiger partial charge in [0, 0.05) is 6.07 Å². The third kappa shape index (κ3) is 5.48. The highest BCUT2D eigenvalue weighted by atomic mass is 16.6. The van der Waals surface area contributed by atoms with Crippen LogP contribution < -0.4 is 0 Å². The zero-order valence-electron chi connectivity index (χ0n) is 10.4. The van der Waals surface area contributed by atoms with Crippen LogP contribution in [-0.2, 0) is 6.42 Å². The molecule has 3 heteroatoms. The molecule has 0 fully saturated rings. The van der Waals surface area contributed by atoms with Gasteiger partial charge in [0.15, 0.2) is 0 Å². The van der Waals surface area contributed by atoms with Gasteiger partial charge in [-0.25, -0.2) is 0 Å². The van der Waals surface area contributed by atoms with Crippen LogP contribution in [0, 0.1) is 16.2 Å². The summed E-state index contributed by atoms with van der Waals surface area (Å²) in [4.78, 5) is 10.2. The summed E-state index contributed by atoms with van der Waals surface area (Å²) in [5, 5.41) is 10.6. The number of rotatable bonds is 8. The maximum Gasteiger partial charge on any atom is 0.277 e. The van der Waals surface area contributed by atoms with Crippen molar-refractivity contribution >= 4 is 5.69 Å². The smallest absolute Gasteiger partial charge is 0.258 e. The number of non-ortho nitro benzene ring substituents is 1. The van der Waals surface area contributed by atoms with E-state index in [4.69, 9.17) is 0 Å². The van der Waals surface area contributed by atoms with E-state index in [1.54, 1.807) is 6.07 Å². The number of nitro groups is 1. The summed E-state index contributed by atoms with van der Waals surface area (Å²) in [5.74, 6) is 0. The molecular formula is C14H20NO2. The van der Waals surface area contributed by atoms with Gasteiger partial charge < -0.3 is 0 Å². The Morgan fingerprint density at radius 1 is 1.18 bits per heavy atom. The van der Waals surface area contributed by atoms with Gasteiger partial charge >= 0.3 is 0 Å². The van der Waals surface area contributed by atoms with Crippen LogP contribution in [0.1, 0.15) is 51.0 Å². The van der Waals surface area contributed by atoms with Crippen LogP contribution in [0.15, 0.2) is 18.2 Å². The molecule has 0 N–H and O–H groups in total. The van der Waals surface area contributed by atoms with Crippen molar-refractivity contribution in [1.29, 1.82) is 0 Å². The molecule has 0 atom stereocenters. The molecule has 0 aliphatic heterocycles. The van der Waals surface area contributed by atoms with E-state index in [2.05, 4.69) is 13.0 Å². The number of hydrogen-bond donors (Lipinski definition) is 0. The molecule has 0 spiro atoms. The van der Waals surface area contributed by atoms with E-state index in [1.165, 1.54) is 38.2 Å². The predicted octanol–water partition coefficient (Wildman–Crippen LogP) is 4.30. The molecule has 0 aliphatic rings.